The summed E-state index contributed by atoms with van der Waals surface area (Å²) in [5.41, 5.74) is 9.85. The van der Waals surface area contributed by atoms with Crippen molar-refractivity contribution in [3.05, 3.63) is 82.9 Å². The van der Waals surface area contributed by atoms with Gasteiger partial charge in [0.15, 0.2) is 17.0 Å². The minimum Gasteiger partial charge on any atom is -0.382 e. The summed E-state index contributed by atoms with van der Waals surface area (Å²) in [5, 5.41) is 0.121. The Balaban J connectivity index is 1.65. The Labute approximate surface area is 186 Å². The van der Waals surface area contributed by atoms with E-state index in [0.717, 1.165) is 31.7 Å². The Kier molecular flexibility index (Phi) is 5.57. The highest BCUT2D eigenvalue weighted by atomic mass is 35.5. The molecular weight excluding hydrogens is 410 g/mol. The number of rotatable bonds is 5. The molecule has 0 amide bonds. The topological polar surface area (TPSA) is 78.9 Å². The van der Waals surface area contributed by atoms with Gasteiger partial charge in [-0.25, -0.2) is 4.98 Å². The van der Waals surface area contributed by atoms with Gasteiger partial charge in [-0.2, -0.15) is 9.97 Å². The Morgan fingerprint density at radius 1 is 0.968 bits per heavy atom. The molecule has 0 bridgehead atoms. The summed E-state index contributed by atoms with van der Waals surface area (Å²) in [7, 11) is 0. The van der Waals surface area contributed by atoms with E-state index in [1.54, 1.807) is 0 Å². The SMILES string of the molecule is Nc1nc(Cl)nc2c1nc(CC(c1ccccc1)c1ccccc1)n2[C@@H]1CCCCO1. The molecule has 1 aliphatic heterocycles. The molecule has 1 aliphatic rings. The summed E-state index contributed by atoms with van der Waals surface area (Å²) in [6, 6.07) is 21.0. The van der Waals surface area contributed by atoms with Crippen LogP contribution in [0.15, 0.2) is 60.7 Å². The number of imidazole rings is 1. The largest absolute Gasteiger partial charge is 0.382 e. The zero-order valence-electron chi connectivity index (χ0n) is 17.1. The lowest BCUT2D eigenvalue weighted by Gasteiger charge is -2.27. The van der Waals surface area contributed by atoms with Crippen molar-refractivity contribution in [1.82, 2.24) is 19.5 Å². The third-order valence-electron chi connectivity index (χ3n) is 5.85. The molecule has 1 atom stereocenters. The molecule has 2 aromatic carbocycles. The molecule has 6 nitrogen and oxygen atoms in total. The number of nitrogen functional groups attached to an aromatic ring is 1. The second-order valence-electron chi connectivity index (χ2n) is 7.85. The number of ether oxygens (including phenoxy) is 1. The fourth-order valence-electron chi connectivity index (χ4n) is 4.37. The van der Waals surface area contributed by atoms with E-state index in [4.69, 9.17) is 27.1 Å². The molecule has 0 spiro atoms. The van der Waals surface area contributed by atoms with Crippen LogP contribution in [0.4, 0.5) is 5.82 Å². The van der Waals surface area contributed by atoms with Crippen LogP contribution in [0.3, 0.4) is 0 Å². The van der Waals surface area contributed by atoms with E-state index in [1.165, 1.54) is 11.1 Å². The molecule has 0 unspecified atom stereocenters. The molecule has 2 N–H and O–H groups in total. The predicted octanol–water partition coefficient (Wildman–Crippen LogP) is 5.14. The first-order chi connectivity index (χ1) is 15.2. The van der Waals surface area contributed by atoms with Crippen molar-refractivity contribution >= 4 is 28.6 Å². The molecule has 3 heterocycles. The lowest BCUT2D eigenvalue weighted by atomic mass is 9.88. The molecule has 2 aromatic heterocycles. The van der Waals surface area contributed by atoms with Crippen LogP contribution in [0.2, 0.25) is 5.28 Å². The van der Waals surface area contributed by atoms with Gasteiger partial charge >= 0.3 is 0 Å². The van der Waals surface area contributed by atoms with Gasteiger partial charge < -0.3 is 10.5 Å². The molecule has 1 saturated heterocycles. The zero-order chi connectivity index (χ0) is 21.2. The van der Waals surface area contributed by atoms with Crippen molar-refractivity contribution in [1.29, 1.82) is 0 Å². The van der Waals surface area contributed by atoms with Crippen molar-refractivity contribution in [2.45, 2.75) is 37.8 Å². The monoisotopic (exact) mass is 433 g/mol. The molecule has 158 valence electrons. The van der Waals surface area contributed by atoms with Gasteiger partial charge in [-0.3, -0.25) is 4.57 Å². The minimum atomic E-state index is -0.133. The van der Waals surface area contributed by atoms with Gasteiger partial charge in [0.25, 0.3) is 0 Å². The first kappa shape index (κ1) is 20.0. The Bertz CT molecular complexity index is 1130. The Morgan fingerprint density at radius 2 is 1.65 bits per heavy atom. The number of benzene rings is 2. The molecule has 0 aliphatic carbocycles. The zero-order valence-corrected chi connectivity index (χ0v) is 17.9. The first-order valence-electron chi connectivity index (χ1n) is 10.6. The Hall–Kier alpha value is -2.96. The van der Waals surface area contributed by atoms with Gasteiger partial charge in [0.05, 0.1) is 0 Å². The van der Waals surface area contributed by atoms with E-state index in [1.807, 2.05) is 12.1 Å². The summed E-state index contributed by atoms with van der Waals surface area (Å²) in [6.07, 6.45) is 3.61. The van der Waals surface area contributed by atoms with Gasteiger partial charge in [0.2, 0.25) is 5.28 Å². The van der Waals surface area contributed by atoms with Crippen molar-refractivity contribution in [2.24, 2.45) is 0 Å². The number of halogens is 1. The lowest BCUT2D eigenvalue weighted by molar-refractivity contribution is -0.0314. The van der Waals surface area contributed by atoms with Crippen LogP contribution in [0.25, 0.3) is 11.2 Å². The highest BCUT2D eigenvalue weighted by Gasteiger charge is 2.27. The fraction of sp³-hybridized carbons (Fsp3) is 0.292. The fourth-order valence-corrected chi connectivity index (χ4v) is 4.54. The van der Waals surface area contributed by atoms with Gasteiger partial charge in [-0.15, -0.1) is 0 Å². The van der Waals surface area contributed by atoms with Crippen LogP contribution in [0.5, 0.6) is 0 Å². The normalized spacial score (nSPS) is 16.8. The second-order valence-corrected chi connectivity index (χ2v) is 8.19. The van der Waals surface area contributed by atoms with Crippen molar-refractivity contribution in [2.75, 3.05) is 12.3 Å². The van der Waals surface area contributed by atoms with Gasteiger partial charge in [-0.1, -0.05) is 60.7 Å². The average Bonchev–Trinajstić information content (AvgIpc) is 3.17. The maximum absolute atomic E-state index is 6.17. The summed E-state index contributed by atoms with van der Waals surface area (Å²) in [5.74, 6) is 1.30. The molecular formula is C24H24ClN5O. The van der Waals surface area contributed by atoms with Gasteiger partial charge in [0, 0.05) is 18.9 Å². The van der Waals surface area contributed by atoms with E-state index < -0.39 is 0 Å². The average molecular weight is 434 g/mol. The van der Waals surface area contributed by atoms with Crippen LogP contribution < -0.4 is 5.73 Å². The van der Waals surface area contributed by atoms with Gasteiger partial charge in [0.1, 0.15) is 12.1 Å². The number of nitrogens with two attached hydrogens (primary N) is 1. The van der Waals surface area contributed by atoms with Crippen LogP contribution in [0.1, 0.15) is 48.4 Å². The third-order valence-corrected chi connectivity index (χ3v) is 6.02. The second kappa shape index (κ2) is 8.65. The number of fused-ring (bicyclic) bond motifs is 1. The number of nitrogens with zero attached hydrogens (tertiary/aromatic N) is 4. The van der Waals surface area contributed by atoms with Crippen molar-refractivity contribution in [3.63, 3.8) is 0 Å². The molecule has 31 heavy (non-hydrogen) atoms. The number of anilines is 1. The molecule has 5 rings (SSSR count). The number of hydrogen-bond donors (Lipinski definition) is 1. The maximum Gasteiger partial charge on any atom is 0.226 e. The smallest absolute Gasteiger partial charge is 0.226 e. The van der Waals surface area contributed by atoms with E-state index in [2.05, 4.69) is 63.1 Å². The van der Waals surface area contributed by atoms with E-state index in [0.29, 0.717) is 23.4 Å². The van der Waals surface area contributed by atoms with E-state index >= 15 is 0 Å². The first-order valence-corrected chi connectivity index (χ1v) is 11.0. The van der Waals surface area contributed by atoms with Crippen LogP contribution in [0, 0.1) is 0 Å². The standard InChI is InChI=1S/C24H24ClN5O/c25-24-28-22(26)21-23(29-24)30(20-13-7-8-14-31-20)19(27-21)15-18(16-9-3-1-4-10-16)17-11-5-2-6-12-17/h1-6,9-12,18,20H,7-8,13-15H2,(H2,26,28,29)/t20-/m0/s1. The summed E-state index contributed by atoms with van der Waals surface area (Å²) in [6.45, 7) is 0.721. The van der Waals surface area contributed by atoms with Crippen molar-refractivity contribution < 1.29 is 4.74 Å². The van der Waals surface area contributed by atoms with E-state index in [-0.39, 0.29) is 17.4 Å². The minimum absolute atomic E-state index is 0.121. The van der Waals surface area contributed by atoms with E-state index in [9.17, 15) is 0 Å². The molecule has 1 fully saturated rings. The lowest BCUT2D eigenvalue weighted by Crippen LogP contribution is -2.21. The molecule has 0 saturated carbocycles. The summed E-state index contributed by atoms with van der Waals surface area (Å²) < 4.78 is 8.20. The summed E-state index contributed by atoms with van der Waals surface area (Å²) >= 11 is 6.16. The highest BCUT2D eigenvalue weighted by Crippen LogP contribution is 2.34. The summed E-state index contributed by atoms with van der Waals surface area (Å²) in [4.78, 5) is 13.5. The van der Waals surface area contributed by atoms with Crippen LogP contribution in [-0.2, 0) is 11.2 Å². The predicted molar refractivity (Wildman–Crippen MR) is 122 cm³/mol. The van der Waals surface area contributed by atoms with Crippen molar-refractivity contribution in [3.8, 4) is 0 Å². The highest BCUT2D eigenvalue weighted by molar-refractivity contribution is 6.28. The number of aromatic nitrogens is 4. The van der Waals surface area contributed by atoms with Crippen LogP contribution in [-0.4, -0.2) is 26.1 Å². The van der Waals surface area contributed by atoms with Gasteiger partial charge in [-0.05, 0) is 42.0 Å². The quantitative estimate of drug-likeness (QED) is 0.441. The third kappa shape index (κ3) is 4.01. The number of hydrogen-bond acceptors (Lipinski definition) is 5. The molecule has 7 heteroatoms. The van der Waals surface area contributed by atoms with Crippen LogP contribution >= 0.6 is 11.6 Å². The molecule has 0 radical (unpaired) electrons. The maximum atomic E-state index is 6.17. The molecule has 4 aromatic rings. The Morgan fingerprint density at radius 3 is 2.26 bits per heavy atom.